The Morgan fingerprint density at radius 2 is 2.12 bits per heavy atom. The third kappa shape index (κ3) is 3.55. The molecule has 5 nitrogen and oxygen atoms in total. The minimum Gasteiger partial charge on any atom is -0.336 e. The zero-order valence-corrected chi connectivity index (χ0v) is 10.7. The monoisotopic (exact) mass is 272 g/mol. The highest BCUT2D eigenvalue weighted by molar-refractivity contribution is 6.34. The fourth-order valence-electron chi connectivity index (χ4n) is 1.08. The van der Waals surface area contributed by atoms with Crippen molar-refractivity contribution in [3.05, 3.63) is 21.9 Å². The molecule has 0 aliphatic carbocycles. The van der Waals surface area contributed by atoms with Gasteiger partial charge in [-0.15, -0.1) is 10.2 Å². The Balaban J connectivity index is 2.90. The van der Waals surface area contributed by atoms with Crippen LogP contribution >= 0.6 is 23.2 Å². The number of amides is 1. The van der Waals surface area contributed by atoms with Crippen LogP contribution < -0.4 is 5.32 Å². The van der Waals surface area contributed by atoms with Crippen molar-refractivity contribution < 1.29 is 4.79 Å². The lowest BCUT2D eigenvalue weighted by atomic mass is 10.1. The first-order valence-corrected chi connectivity index (χ1v) is 5.60. The molecule has 0 fully saturated rings. The number of nitriles is 1. The third-order valence-corrected chi connectivity index (χ3v) is 2.52. The molecule has 0 bridgehead atoms. The summed E-state index contributed by atoms with van der Waals surface area (Å²) < 4.78 is 0. The van der Waals surface area contributed by atoms with Crippen molar-refractivity contribution in [1.29, 1.82) is 5.26 Å². The van der Waals surface area contributed by atoms with E-state index in [0.29, 0.717) is 0 Å². The van der Waals surface area contributed by atoms with Gasteiger partial charge < -0.3 is 5.32 Å². The second-order valence-electron chi connectivity index (χ2n) is 3.70. The second-order valence-corrected chi connectivity index (χ2v) is 4.44. The third-order valence-electron chi connectivity index (χ3n) is 2.06. The van der Waals surface area contributed by atoms with Gasteiger partial charge in [0.25, 0.3) is 5.91 Å². The van der Waals surface area contributed by atoms with Crippen molar-refractivity contribution in [2.24, 2.45) is 5.92 Å². The number of aromatic nitrogens is 2. The van der Waals surface area contributed by atoms with Crippen molar-refractivity contribution in [3.63, 3.8) is 0 Å². The Labute approximate surface area is 109 Å². The molecule has 0 spiro atoms. The summed E-state index contributed by atoms with van der Waals surface area (Å²) in [4.78, 5) is 11.8. The topological polar surface area (TPSA) is 78.7 Å². The number of halogens is 2. The molecular weight excluding hydrogens is 263 g/mol. The van der Waals surface area contributed by atoms with Gasteiger partial charge in [0.2, 0.25) is 0 Å². The van der Waals surface area contributed by atoms with Crippen molar-refractivity contribution >= 4 is 29.1 Å². The van der Waals surface area contributed by atoms with E-state index in [9.17, 15) is 4.79 Å². The summed E-state index contributed by atoms with van der Waals surface area (Å²) in [5.41, 5.74) is 0.104. The molecule has 0 aromatic carbocycles. The van der Waals surface area contributed by atoms with Gasteiger partial charge in [-0.2, -0.15) is 5.26 Å². The molecule has 1 N–H and O–H groups in total. The Bertz CT molecular complexity index is 470. The van der Waals surface area contributed by atoms with Gasteiger partial charge in [0.15, 0.2) is 10.3 Å². The standard InChI is InChI=1S/C10H10Cl2N4O/c1-5(2)7(4-13)14-10(17)6-3-8(11)15-16-9(6)12/h3,5,7H,1-2H3,(H,14,17). The average Bonchev–Trinajstić information content (AvgIpc) is 2.28. The minimum absolute atomic E-state index is 0.00649. The van der Waals surface area contributed by atoms with Crippen LogP contribution in [-0.2, 0) is 0 Å². The lowest BCUT2D eigenvalue weighted by Gasteiger charge is -2.14. The Morgan fingerprint density at radius 1 is 1.47 bits per heavy atom. The van der Waals surface area contributed by atoms with Crippen LogP contribution in [0.5, 0.6) is 0 Å². The van der Waals surface area contributed by atoms with Crippen molar-refractivity contribution in [2.75, 3.05) is 0 Å². The lowest BCUT2D eigenvalue weighted by molar-refractivity contribution is 0.0937. The first-order chi connectivity index (χ1) is 7.95. The van der Waals surface area contributed by atoms with Crippen LogP contribution in [0.15, 0.2) is 6.07 Å². The maximum atomic E-state index is 11.8. The first kappa shape index (κ1) is 13.7. The first-order valence-electron chi connectivity index (χ1n) is 4.85. The molecule has 1 aromatic rings. The van der Waals surface area contributed by atoms with Crippen LogP contribution in [0.1, 0.15) is 24.2 Å². The van der Waals surface area contributed by atoms with Gasteiger partial charge in [0.1, 0.15) is 6.04 Å². The number of carbonyl (C=O) groups excluding carboxylic acids is 1. The van der Waals surface area contributed by atoms with E-state index < -0.39 is 11.9 Å². The molecule has 1 aromatic heterocycles. The van der Waals surface area contributed by atoms with Gasteiger partial charge in [0.05, 0.1) is 11.6 Å². The van der Waals surface area contributed by atoms with E-state index in [1.54, 1.807) is 0 Å². The molecule has 1 rings (SSSR count). The largest absolute Gasteiger partial charge is 0.336 e. The van der Waals surface area contributed by atoms with E-state index in [1.807, 2.05) is 19.9 Å². The van der Waals surface area contributed by atoms with Crippen LogP contribution in [0, 0.1) is 17.2 Å². The highest BCUT2D eigenvalue weighted by atomic mass is 35.5. The molecule has 7 heteroatoms. The molecule has 0 aliphatic heterocycles. The second kappa shape index (κ2) is 5.80. The smallest absolute Gasteiger partial charge is 0.255 e. The molecule has 0 saturated heterocycles. The van der Waals surface area contributed by atoms with Crippen molar-refractivity contribution in [1.82, 2.24) is 15.5 Å². The van der Waals surface area contributed by atoms with E-state index in [4.69, 9.17) is 28.5 Å². The number of hydrogen-bond acceptors (Lipinski definition) is 4. The molecule has 17 heavy (non-hydrogen) atoms. The number of carbonyl (C=O) groups is 1. The normalized spacial score (nSPS) is 12.0. The predicted molar refractivity (Wildman–Crippen MR) is 63.8 cm³/mol. The van der Waals surface area contributed by atoms with Crippen LogP contribution in [-0.4, -0.2) is 22.1 Å². The van der Waals surface area contributed by atoms with Crippen molar-refractivity contribution in [2.45, 2.75) is 19.9 Å². The van der Waals surface area contributed by atoms with Gasteiger partial charge in [-0.25, -0.2) is 0 Å². The van der Waals surface area contributed by atoms with Crippen LogP contribution in [0.3, 0.4) is 0 Å². The van der Waals surface area contributed by atoms with Crippen LogP contribution in [0.4, 0.5) is 0 Å². The maximum Gasteiger partial charge on any atom is 0.255 e. The molecular formula is C10H10Cl2N4O. The highest BCUT2D eigenvalue weighted by Crippen LogP contribution is 2.15. The van der Waals surface area contributed by atoms with E-state index in [0.717, 1.165) is 0 Å². The van der Waals surface area contributed by atoms with E-state index in [1.165, 1.54) is 6.07 Å². The van der Waals surface area contributed by atoms with Crippen LogP contribution in [0.25, 0.3) is 0 Å². The van der Waals surface area contributed by atoms with Gasteiger partial charge >= 0.3 is 0 Å². The summed E-state index contributed by atoms with van der Waals surface area (Å²) in [5, 5.41) is 18.4. The fourth-order valence-corrected chi connectivity index (χ4v) is 1.40. The van der Waals surface area contributed by atoms with Gasteiger partial charge in [-0.1, -0.05) is 37.0 Å². The predicted octanol–water partition coefficient (Wildman–Crippen LogP) is 2.06. The van der Waals surface area contributed by atoms with Gasteiger partial charge in [-0.05, 0) is 12.0 Å². The van der Waals surface area contributed by atoms with E-state index >= 15 is 0 Å². The summed E-state index contributed by atoms with van der Waals surface area (Å²) in [6.45, 7) is 3.65. The van der Waals surface area contributed by atoms with E-state index in [2.05, 4.69) is 15.5 Å². The molecule has 0 saturated carbocycles. The highest BCUT2D eigenvalue weighted by Gasteiger charge is 2.19. The summed E-state index contributed by atoms with van der Waals surface area (Å²) >= 11 is 11.3. The summed E-state index contributed by atoms with van der Waals surface area (Å²) in [6.07, 6.45) is 0. The molecule has 90 valence electrons. The zero-order chi connectivity index (χ0) is 13.0. The quantitative estimate of drug-likeness (QED) is 0.914. The summed E-state index contributed by atoms with van der Waals surface area (Å²) in [7, 11) is 0. The minimum atomic E-state index is -0.592. The molecule has 1 amide bonds. The summed E-state index contributed by atoms with van der Waals surface area (Å²) in [6, 6.07) is 2.71. The average molecular weight is 273 g/mol. The zero-order valence-electron chi connectivity index (χ0n) is 9.24. The lowest BCUT2D eigenvalue weighted by Crippen LogP contribution is -2.37. The molecule has 1 atom stereocenters. The van der Waals surface area contributed by atoms with Gasteiger partial charge in [0, 0.05) is 0 Å². The number of hydrogen-bond donors (Lipinski definition) is 1. The molecule has 0 aliphatic rings. The SMILES string of the molecule is CC(C)C(C#N)NC(=O)c1cc(Cl)nnc1Cl. The number of nitrogens with one attached hydrogen (secondary N) is 1. The molecule has 1 heterocycles. The Morgan fingerprint density at radius 3 is 2.65 bits per heavy atom. The maximum absolute atomic E-state index is 11.8. The van der Waals surface area contributed by atoms with Gasteiger partial charge in [-0.3, -0.25) is 4.79 Å². The fraction of sp³-hybridized carbons (Fsp3) is 0.400. The van der Waals surface area contributed by atoms with Crippen LogP contribution in [0.2, 0.25) is 10.3 Å². The number of rotatable bonds is 3. The summed E-state index contributed by atoms with van der Waals surface area (Å²) in [5.74, 6) is -0.500. The van der Waals surface area contributed by atoms with Crippen molar-refractivity contribution in [3.8, 4) is 6.07 Å². The Hall–Kier alpha value is -1.38. The molecule has 0 radical (unpaired) electrons. The number of nitrogens with zero attached hydrogens (tertiary/aromatic N) is 3. The van der Waals surface area contributed by atoms with E-state index in [-0.39, 0.29) is 21.8 Å². The Kier molecular flexibility index (Phi) is 4.67. The molecule has 1 unspecified atom stereocenters.